The summed E-state index contributed by atoms with van der Waals surface area (Å²) in [5.41, 5.74) is 0.991. The van der Waals surface area contributed by atoms with Crippen LogP contribution in [-0.4, -0.2) is 22.3 Å². The first-order valence-electron chi connectivity index (χ1n) is 4.32. The summed E-state index contributed by atoms with van der Waals surface area (Å²) in [6, 6.07) is 9.51. The number of carboxylic acids is 1. The summed E-state index contributed by atoms with van der Waals surface area (Å²) in [7, 11) is 0. The number of aliphatic carboxylic acids is 1. The highest BCUT2D eigenvalue weighted by Crippen LogP contribution is 2.03. The first-order chi connectivity index (χ1) is 6.70. The van der Waals surface area contributed by atoms with Crippen molar-refractivity contribution in [1.82, 2.24) is 0 Å². The number of hydrogen-bond donors (Lipinski definition) is 2. The molecule has 0 aliphatic heterocycles. The third-order valence-corrected chi connectivity index (χ3v) is 1.75. The standard InChI is InChI=1S/C11H12O3/c12-10(11(13)14)8-4-7-9-5-2-1-3-6-9/h1-7,10,12H,8H2,(H,13,14)/t10-/m0/s1. The minimum atomic E-state index is -1.31. The Kier molecular flexibility index (Phi) is 3.88. The van der Waals surface area contributed by atoms with Crippen molar-refractivity contribution in [3.8, 4) is 0 Å². The molecule has 74 valence electrons. The number of aliphatic hydroxyl groups is 1. The lowest BCUT2D eigenvalue weighted by atomic mass is 10.2. The first-order valence-corrected chi connectivity index (χ1v) is 4.32. The van der Waals surface area contributed by atoms with E-state index in [2.05, 4.69) is 0 Å². The molecule has 14 heavy (non-hydrogen) atoms. The minimum Gasteiger partial charge on any atom is -0.479 e. The van der Waals surface area contributed by atoms with Gasteiger partial charge in [-0.3, -0.25) is 0 Å². The highest BCUT2D eigenvalue weighted by molar-refractivity contribution is 5.72. The number of hydrogen-bond acceptors (Lipinski definition) is 2. The molecule has 3 heteroatoms. The van der Waals surface area contributed by atoms with Crippen LogP contribution in [0.3, 0.4) is 0 Å². The van der Waals surface area contributed by atoms with Gasteiger partial charge in [0.1, 0.15) is 0 Å². The van der Waals surface area contributed by atoms with E-state index in [4.69, 9.17) is 10.2 Å². The highest BCUT2D eigenvalue weighted by atomic mass is 16.4. The van der Waals surface area contributed by atoms with Gasteiger partial charge >= 0.3 is 5.97 Å². The van der Waals surface area contributed by atoms with Crippen molar-refractivity contribution in [3.05, 3.63) is 42.0 Å². The van der Waals surface area contributed by atoms with Crippen molar-refractivity contribution in [1.29, 1.82) is 0 Å². The van der Waals surface area contributed by atoms with E-state index in [1.807, 2.05) is 30.3 Å². The van der Waals surface area contributed by atoms with E-state index >= 15 is 0 Å². The van der Waals surface area contributed by atoms with E-state index in [1.165, 1.54) is 0 Å². The second-order valence-corrected chi connectivity index (χ2v) is 2.90. The van der Waals surface area contributed by atoms with Crippen LogP contribution in [0.25, 0.3) is 6.08 Å². The Morgan fingerprint density at radius 1 is 1.36 bits per heavy atom. The number of aliphatic hydroxyl groups excluding tert-OH is 1. The summed E-state index contributed by atoms with van der Waals surface area (Å²) in [4.78, 5) is 10.3. The van der Waals surface area contributed by atoms with E-state index in [0.29, 0.717) is 0 Å². The minimum absolute atomic E-state index is 0.129. The van der Waals surface area contributed by atoms with Crippen molar-refractivity contribution < 1.29 is 15.0 Å². The quantitative estimate of drug-likeness (QED) is 0.760. The third kappa shape index (κ3) is 3.41. The Morgan fingerprint density at radius 2 is 2.00 bits per heavy atom. The van der Waals surface area contributed by atoms with Gasteiger partial charge in [0.25, 0.3) is 0 Å². The van der Waals surface area contributed by atoms with Gasteiger partial charge in [-0.05, 0) is 5.56 Å². The summed E-state index contributed by atoms with van der Waals surface area (Å²) < 4.78 is 0. The molecule has 1 atom stereocenters. The van der Waals surface area contributed by atoms with E-state index in [-0.39, 0.29) is 6.42 Å². The van der Waals surface area contributed by atoms with Crippen LogP contribution >= 0.6 is 0 Å². The molecule has 1 rings (SSSR count). The molecule has 0 aromatic heterocycles. The summed E-state index contributed by atoms with van der Waals surface area (Å²) in [6.45, 7) is 0. The van der Waals surface area contributed by atoms with Crippen molar-refractivity contribution in [2.24, 2.45) is 0 Å². The molecule has 0 aliphatic rings. The average Bonchev–Trinajstić information content (AvgIpc) is 2.19. The molecule has 1 aromatic rings. The molecule has 0 saturated carbocycles. The largest absolute Gasteiger partial charge is 0.479 e. The smallest absolute Gasteiger partial charge is 0.332 e. The maximum Gasteiger partial charge on any atom is 0.332 e. The fourth-order valence-electron chi connectivity index (χ4n) is 0.998. The Labute approximate surface area is 82.3 Å². The maximum absolute atomic E-state index is 10.3. The van der Waals surface area contributed by atoms with Gasteiger partial charge in [0.05, 0.1) is 0 Å². The number of carbonyl (C=O) groups is 1. The fraction of sp³-hybridized carbons (Fsp3) is 0.182. The Balaban J connectivity index is 2.46. The van der Waals surface area contributed by atoms with Crippen molar-refractivity contribution in [2.45, 2.75) is 12.5 Å². The molecule has 0 amide bonds. The third-order valence-electron chi connectivity index (χ3n) is 1.75. The molecule has 0 fully saturated rings. The topological polar surface area (TPSA) is 57.5 Å². The molecule has 0 aliphatic carbocycles. The van der Waals surface area contributed by atoms with Gasteiger partial charge < -0.3 is 10.2 Å². The zero-order valence-corrected chi connectivity index (χ0v) is 7.63. The zero-order valence-electron chi connectivity index (χ0n) is 7.63. The maximum atomic E-state index is 10.3. The molecular weight excluding hydrogens is 180 g/mol. The molecule has 1 aromatic carbocycles. The molecule has 0 bridgehead atoms. The number of benzene rings is 1. The first kappa shape index (κ1) is 10.5. The summed E-state index contributed by atoms with van der Waals surface area (Å²) in [5.74, 6) is -1.19. The van der Waals surface area contributed by atoms with Crippen LogP contribution in [0.5, 0.6) is 0 Å². The van der Waals surface area contributed by atoms with Gasteiger partial charge in [0.2, 0.25) is 0 Å². The average molecular weight is 192 g/mol. The molecular formula is C11H12O3. The van der Waals surface area contributed by atoms with E-state index in [1.54, 1.807) is 12.2 Å². The molecule has 2 N–H and O–H groups in total. The van der Waals surface area contributed by atoms with Crippen molar-refractivity contribution in [2.75, 3.05) is 0 Å². The van der Waals surface area contributed by atoms with Crippen molar-refractivity contribution in [3.63, 3.8) is 0 Å². The van der Waals surface area contributed by atoms with Gasteiger partial charge in [-0.25, -0.2) is 4.79 Å². The fourth-order valence-corrected chi connectivity index (χ4v) is 0.998. The lowest BCUT2D eigenvalue weighted by Gasteiger charge is -1.99. The van der Waals surface area contributed by atoms with Crippen LogP contribution in [-0.2, 0) is 4.79 Å². The van der Waals surface area contributed by atoms with E-state index in [0.717, 1.165) is 5.56 Å². The second kappa shape index (κ2) is 5.19. The molecule has 0 radical (unpaired) electrons. The van der Waals surface area contributed by atoms with E-state index in [9.17, 15) is 4.79 Å². The monoisotopic (exact) mass is 192 g/mol. The second-order valence-electron chi connectivity index (χ2n) is 2.90. The molecule has 3 nitrogen and oxygen atoms in total. The normalized spacial score (nSPS) is 12.9. The van der Waals surface area contributed by atoms with Crippen LogP contribution in [0, 0.1) is 0 Å². The van der Waals surface area contributed by atoms with Crippen LogP contribution in [0.2, 0.25) is 0 Å². The van der Waals surface area contributed by atoms with Crippen LogP contribution in [0.4, 0.5) is 0 Å². The van der Waals surface area contributed by atoms with Gasteiger partial charge in [0.15, 0.2) is 6.10 Å². The van der Waals surface area contributed by atoms with Crippen LogP contribution < -0.4 is 0 Å². The van der Waals surface area contributed by atoms with Gasteiger partial charge in [-0.2, -0.15) is 0 Å². The summed E-state index contributed by atoms with van der Waals surface area (Å²) in [6.07, 6.45) is 2.25. The Bertz CT molecular complexity index is 317. The SMILES string of the molecule is O=C(O)[C@@H](O)CC=Cc1ccccc1. The van der Waals surface area contributed by atoms with Gasteiger partial charge in [0, 0.05) is 6.42 Å². The Hall–Kier alpha value is -1.61. The van der Waals surface area contributed by atoms with E-state index < -0.39 is 12.1 Å². The highest BCUT2D eigenvalue weighted by Gasteiger charge is 2.09. The molecule has 0 heterocycles. The predicted molar refractivity (Wildman–Crippen MR) is 53.7 cm³/mol. The lowest BCUT2D eigenvalue weighted by Crippen LogP contribution is -2.17. The van der Waals surface area contributed by atoms with Crippen LogP contribution in [0.1, 0.15) is 12.0 Å². The molecule has 0 saturated heterocycles. The van der Waals surface area contributed by atoms with Gasteiger partial charge in [-0.1, -0.05) is 42.5 Å². The molecule has 0 spiro atoms. The zero-order chi connectivity index (χ0) is 10.4. The molecule has 0 unspecified atom stereocenters. The van der Waals surface area contributed by atoms with Crippen LogP contribution in [0.15, 0.2) is 36.4 Å². The van der Waals surface area contributed by atoms with Crippen molar-refractivity contribution >= 4 is 12.0 Å². The lowest BCUT2D eigenvalue weighted by molar-refractivity contribution is -0.146. The number of rotatable bonds is 4. The Morgan fingerprint density at radius 3 is 2.57 bits per heavy atom. The summed E-state index contributed by atoms with van der Waals surface area (Å²) in [5, 5.41) is 17.3. The predicted octanol–water partition coefficient (Wildman–Crippen LogP) is 1.54. The number of carboxylic acid groups (broad SMARTS) is 1. The van der Waals surface area contributed by atoms with Gasteiger partial charge in [-0.15, -0.1) is 0 Å². The summed E-state index contributed by atoms with van der Waals surface area (Å²) >= 11 is 0.